The van der Waals surface area contributed by atoms with Gasteiger partial charge in [-0.2, -0.15) is 0 Å². The highest BCUT2D eigenvalue weighted by atomic mass is 79.9. The molecule has 0 saturated carbocycles. The number of aromatic nitrogens is 4. The topological polar surface area (TPSA) is 98.7 Å². The Morgan fingerprint density at radius 1 is 1.43 bits per heavy atom. The molecule has 0 radical (unpaired) electrons. The van der Waals surface area contributed by atoms with E-state index in [-0.39, 0.29) is 5.56 Å². The van der Waals surface area contributed by atoms with E-state index in [1.807, 2.05) is 12.1 Å². The number of hydrogen-bond donors (Lipinski definition) is 2. The zero-order chi connectivity index (χ0) is 15.0. The molecule has 0 unspecified atom stereocenters. The van der Waals surface area contributed by atoms with Crippen LogP contribution < -0.4 is 16.7 Å². The van der Waals surface area contributed by atoms with Crippen molar-refractivity contribution in [2.24, 2.45) is 0 Å². The molecule has 3 N–H and O–H groups in total. The van der Waals surface area contributed by atoms with Crippen molar-refractivity contribution in [1.82, 2.24) is 19.9 Å². The first-order valence-corrected chi connectivity index (χ1v) is 7.66. The van der Waals surface area contributed by atoms with Crippen molar-refractivity contribution in [1.29, 1.82) is 0 Å². The third-order valence-corrected chi connectivity index (χ3v) is 4.11. The van der Waals surface area contributed by atoms with Gasteiger partial charge in [0.05, 0.1) is 17.4 Å². The predicted molar refractivity (Wildman–Crippen MR) is 85.8 cm³/mol. The van der Waals surface area contributed by atoms with Crippen molar-refractivity contribution in [2.75, 3.05) is 11.2 Å². The van der Waals surface area contributed by atoms with Crippen LogP contribution in [-0.2, 0) is 6.54 Å². The molecule has 0 aliphatic heterocycles. The average molecular weight is 367 g/mol. The maximum atomic E-state index is 12.5. The number of fused-ring (bicyclic) bond motifs is 1. The van der Waals surface area contributed by atoms with E-state index < -0.39 is 0 Å². The second-order valence-corrected chi connectivity index (χ2v) is 6.34. The summed E-state index contributed by atoms with van der Waals surface area (Å²) in [7, 11) is 0. The number of nitrogen functional groups attached to an aromatic ring is 1. The summed E-state index contributed by atoms with van der Waals surface area (Å²) in [4.78, 5) is 16.9. The first-order chi connectivity index (χ1) is 10.0. The Balaban J connectivity index is 1.99. The molecule has 7 nitrogen and oxygen atoms in total. The minimum absolute atomic E-state index is 0.156. The van der Waals surface area contributed by atoms with Gasteiger partial charge in [0.2, 0.25) is 5.13 Å². The number of benzene rings is 1. The van der Waals surface area contributed by atoms with Crippen LogP contribution in [0.25, 0.3) is 10.9 Å². The molecule has 0 amide bonds. The fourth-order valence-corrected chi connectivity index (χ4v) is 2.84. The Hall–Kier alpha value is -2.00. The van der Waals surface area contributed by atoms with Gasteiger partial charge in [0.1, 0.15) is 10.8 Å². The monoisotopic (exact) mass is 366 g/mol. The highest BCUT2D eigenvalue weighted by molar-refractivity contribution is 9.10. The number of hydrogen-bond acceptors (Lipinski definition) is 7. The van der Waals surface area contributed by atoms with E-state index in [9.17, 15) is 4.79 Å². The lowest BCUT2D eigenvalue weighted by Crippen LogP contribution is -2.31. The van der Waals surface area contributed by atoms with E-state index in [0.717, 1.165) is 4.47 Å². The number of nitrogens with one attached hydrogen (secondary N) is 1. The predicted octanol–water partition coefficient (Wildman–Crippen LogP) is 1.64. The lowest BCUT2D eigenvalue weighted by Gasteiger charge is -2.12. The first-order valence-electron chi connectivity index (χ1n) is 6.05. The van der Waals surface area contributed by atoms with Gasteiger partial charge in [-0.05, 0) is 25.1 Å². The van der Waals surface area contributed by atoms with Crippen LogP contribution in [0.15, 0.2) is 27.5 Å². The van der Waals surface area contributed by atoms with E-state index in [1.54, 1.807) is 13.0 Å². The minimum atomic E-state index is -0.156. The molecular formula is C12H11BrN6OS. The van der Waals surface area contributed by atoms with Crippen molar-refractivity contribution in [2.45, 2.75) is 13.5 Å². The molecule has 9 heteroatoms. The van der Waals surface area contributed by atoms with Gasteiger partial charge in [0, 0.05) is 4.47 Å². The number of nitrogens with zero attached hydrogens (tertiary/aromatic N) is 4. The molecule has 0 bridgehead atoms. The van der Waals surface area contributed by atoms with E-state index in [2.05, 4.69) is 36.5 Å². The third kappa shape index (κ3) is 2.74. The van der Waals surface area contributed by atoms with Gasteiger partial charge in [0.25, 0.3) is 5.56 Å². The van der Waals surface area contributed by atoms with Crippen molar-refractivity contribution in [3.05, 3.63) is 43.9 Å². The smallest absolute Gasteiger partial charge is 0.279 e. The van der Waals surface area contributed by atoms with Gasteiger partial charge in [-0.15, -0.1) is 10.2 Å². The molecular weight excluding hydrogens is 356 g/mol. The number of aryl methyl sites for hydroxylation is 1. The molecule has 1 aromatic carbocycles. The maximum Gasteiger partial charge on any atom is 0.279 e. The highest BCUT2D eigenvalue weighted by Crippen LogP contribution is 2.16. The molecule has 21 heavy (non-hydrogen) atoms. The number of anilines is 1. The van der Waals surface area contributed by atoms with E-state index >= 15 is 0 Å². The average Bonchev–Trinajstić information content (AvgIpc) is 2.85. The van der Waals surface area contributed by atoms with Crippen molar-refractivity contribution in [3.63, 3.8) is 0 Å². The standard InChI is InChI=1S/C12H11BrN6OS/c1-6-16-9-3-2-7(13)4-8(9)11(20)19(6)15-5-10-17-18-12(14)21-10/h2-4,15H,5H2,1H3,(H2,14,18). The number of nitrogens with two attached hydrogens (primary N) is 1. The lowest BCUT2D eigenvalue weighted by atomic mass is 10.2. The second-order valence-electron chi connectivity index (χ2n) is 4.33. The summed E-state index contributed by atoms with van der Waals surface area (Å²) in [5.41, 5.74) is 9.04. The molecule has 0 aliphatic carbocycles. The Kier molecular flexibility index (Phi) is 3.60. The first kappa shape index (κ1) is 14.0. The fraction of sp³-hybridized carbons (Fsp3) is 0.167. The quantitative estimate of drug-likeness (QED) is 0.730. The van der Waals surface area contributed by atoms with Crippen molar-refractivity contribution < 1.29 is 0 Å². The minimum Gasteiger partial charge on any atom is -0.374 e. The Morgan fingerprint density at radius 3 is 2.95 bits per heavy atom. The van der Waals surface area contributed by atoms with E-state index in [0.29, 0.717) is 33.4 Å². The third-order valence-electron chi connectivity index (χ3n) is 2.87. The zero-order valence-corrected chi connectivity index (χ0v) is 13.4. The molecule has 2 heterocycles. The lowest BCUT2D eigenvalue weighted by molar-refractivity contribution is 0.748. The van der Waals surface area contributed by atoms with Crippen LogP contribution in [0.4, 0.5) is 5.13 Å². The van der Waals surface area contributed by atoms with Crippen LogP contribution in [0.1, 0.15) is 10.8 Å². The summed E-state index contributed by atoms with van der Waals surface area (Å²) in [5.74, 6) is 0.576. The summed E-state index contributed by atoms with van der Waals surface area (Å²) in [6, 6.07) is 5.42. The fourth-order valence-electron chi connectivity index (χ4n) is 1.94. The van der Waals surface area contributed by atoms with Crippen LogP contribution in [0.3, 0.4) is 0 Å². The summed E-state index contributed by atoms with van der Waals surface area (Å²) in [5, 5.41) is 9.28. The van der Waals surface area contributed by atoms with Crippen LogP contribution in [-0.4, -0.2) is 19.9 Å². The molecule has 0 fully saturated rings. The SMILES string of the molecule is Cc1nc2ccc(Br)cc2c(=O)n1NCc1nnc(N)s1. The molecule has 0 atom stereocenters. The van der Waals surface area contributed by atoms with Gasteiger partial charge in [-0.3, -0.25) is 4.79 Å². The van der Waals surface area contributed by atoms with Crippen LogP contribution in [0, 0.1) is 6.92 Å². The van der Waals surface area contributed by atoms with Gasteiger partial charge < -0.3 is 11.2 Å². The molecule has 108 valence electrons. The van der Waals surface area contributed by atoms with Crippen molar-refractivity contribution in [3.8, 4) is 0 Å². The molecule has 0 aliphatic rings. The Bertz CT molecular complexity index is 874. The van der Waals surface area contributed by atoms with Crippen LogP contribution in [0.2, 0.25) is 0 Å². The van der Waals surface area contributed by atoms with Gasteiger partial charge >= 0.3 is 0 Å². The molecule has 3 aromatic rings. The van der Waals surface area contributed by atoms with Gasteiger partial charge in [-0.1, -0.05) is 27.3 Å². The van der Waals surface area contributed by atoms with Gasteiger partial charge in [0.15, 0.2) is 0 Å². The highest BCUT2D eigenvalue weighted by Gasteiger charge is 2.09. The molecule has 2 aromatic heterocycles. The van der Waals surface area contributed by atoms with Crippen molar-refractivity contribution >= 4 is 43.3 Å². The van der Waals surface area contributed by atoms with Gasteiger partial charge in [-0.25, -0.2) is 9.66 Å². The zero-order valence-electron chi connectivity index (χ0n) is 11.0. The second kappa shape index (κ2) is 5.41. The normalized spacial score (nSPS) is 11.0. The summed E-state index contributed by atoms with van der Waals surface area (Å²) >= 11 is 4.64. The Labute approximate surface area is 131 Å². The van der Waals surface area contributed by atoms with E-state index in [1.165, 1.54) is 16.0 Å². The van der Waals surface area contributed by atoms with Crippen LogP contribution >= 0.6 is 27.3 Å². The largest absolute Gasteiger partial charge is 0.374 e. The Morgan fingerprint density at radius 2 is 2.24 bits per heavy atom. The molecule has 0 saturated heterocycles. The van der Waals surface area contributed by atoms with E-state index in [4.69, 9.17) is 5.73 Å². The molecule has 3 rings (SSSR count). The molecule has 0 spiro atoms. The summed E-state index contributed by atoms with van der Waals surface area (Å²) < 4.78 is 2.24. The number of halogens is 1. The summed E-state index contributed by atoms with van der Waals surface area (Å²) in [6.45, 7) is 2.13. The van der Waals surface area contributed by atoms with Crippen LogP contribution in [0.5, 0.6) is 0 Å². The summed E-state index contributed by atoms with van der Waals surface area (Å²) in [6.07, 6.45) is 0. The number of rotatable bonds is 3. The maximum absolute atomic E-state index is 12.5.